The van der Waals surface area contributed by atoms with Gasteiger partial charge in [0.2, 0.25) is 0 Å². The smallest absolute Gasteiger partial charge is 0.181 e. The second kappa shape index (κ2) is 6.08. The van der Waals surface area contributed by atoms with Crippen molar-refractivity contribution < 1.29 is 4.74 Å². The first kappa shape index (κ1) is 15.0. The number of methoxy groups -OCH3 is 1. The Morgan fingerprint density at radius 2 is 1.70 bits per heavy atom. The molecule has 6 heteroatoms. The van der Waals surface area contributed by atoms with Crippen LogP contribution in [0, 0.1) is 0 Å². The third-order valence-corrected chi connectivity index (χ3v) is 3.58. The molecule has 0 aliphatic heterocycles. The summed E-state index contributed by atoms with van der Waals surface area (Å²) >= 11 is 0. The van der Waals surface area contributed by atoms with Crippen LogP contribution in [0.4, 0.5) is 5.69 Å². The molecular formula is C17H19N5O. The maximum Gasteiger partial charge on any atom is 0.181 e. The molecule has 118 valence electrons. The molecule has 0 fully saturated rings. The van der Waals surface area contributed by atoms with Gasteiger partial charge in [0.25, 0.3) is 0 Å². The van der Waals surface area contributed by atoms with E-state index in [0.717, 1.165) is 22.9 Å². The fourth-order valence-electron chi connectivity index (χ4n) is 2.41. The van der Waals surface area contributed by atoms with Crippen molar-refractivity contribution >= 4 is 5.69 Å². The zero-order valence-corrected chi connectivity index (χ0v) is 13.4. The van der Waals surface area contributed by atoms with E-state index in [0.29, 0.717) is 0 Å². The minimum atomic E-state index is -0.440. The predicted octanol–water partition coefficient (Wildman–Crippen LogP) is 3.02. The molecule has 23 heavy (non-hydrogen) atoms. The van der Waals surface area contributed by atoms with Crippen LogP contribution >= 0.6 is 0 Å². The van der Waals surface area contributed by atoms with Gasteiger partial charge in [-0.1, -0.05) is 18.2 Å². The molecule has 1 N–H and O–H groups in total. The van der Waals surface area contributed by atoms with E-state index in [1.165, 1.54) is 0 Å². The highest BCUT2D eigenvalue weighted by Crippen LogP contribution is 2.25. The number of para-hydroxylation sites is 1. The van der Waals surface area contributed by atoms with Gasteiger partial charge in [0.1, 0.15) is 5.75 Å². The summed E-state index contributed by atoms with van der Waals surface area (Å²) in [6.45, 7) is 4.09. The van der Waals surface area contributed by atoms with Crippen molar-refractivity contribution in [2.45, 2.75) is 19.4 Å². The monoisotopic (exact) mass is 309 g/mol. The highest BCUT2D eigenvalue weighted by atomic mass is 16.5. The van der Waals surface area contributed by atoms with Gasteiger partial charge in [0, 0.05) is 5.69 Å². The van der Waals surface area contributed by atoms with Crippen molar-refractivity contribution in [3.8, 4) is 11.4 Å². The van der Waals surface area contributed by atoms with E-state index < -0.39 is 5.54 Å². The van der Waals surface area contributed by atoms with Gasteiger partial charge in [0.05, 0.1) is 18.3 Å². The van der Waals surface area contributed by atoms with Crippen LogP contribution in [0.2, 0.25) is 0 Å². The van der Waals surface area contributed by atoms with Crippen molar-refractivity contribution in [3.05, 3.63) is 60.4 Å². The van der Waals surface area contributed by atoms with E-state index in [2.05, 4.69) is 20.8 Å². The summed E-state index contributed by atoms with van der Waals surface area (Å²) in [6.07, 6.45) is 0. The lowest BCUT2D eigenvalue weighted by molar-refractivity contribution is 0.414. The van der Waals surface area contributed by atoms with Gasteiger partial charge in [0.15, 0.2) is 5.82 Å². The first-order valence-corrected chi connectivity index (χ1v) is 7.37. The Bertz CT molecular complexity index is 765. The van der Waals surface area contributed by atoms with E-state index in [4.69, 9.17) is 4.74 Å². The van der Waals surface area contributed by atoms with Crippen LogP contribution < -0.4 is 10.1 Å². The fraction of sp³-hybridized carbons (Fsp3) is 0.235. The molecule has 2 aromatic carbocycles. The number of hydrogen-bond donors (Lipinski definition) is 1. The summed E-state index contributed by atoms with van der Waals surface area (Å²) in [7, 11) is 1.64. The van der Waals surface area contributed by atoms with Crippen molar-refractivity contribution in [3.63, 3.8) is 0 Å². The Hall–Kier alpha value is -2.89. The molecule has 1 aromatic heterocycles. The maximum absolute atomic E-state index is 5.19. The molecule has 0 amide bonds. The zero-order valence-electron chi connectivity index (χ0n) is 13.4. The number of tetrazole rings is 1. The summed E-state index contributed by atoms with van der Waals surface area (Å²) in [5, 5.41) is 15.6. The number of aromatic nitrogens is 4. The van der Waals surface area contributed by atoms with E-state index in [9.17, 15) is 0 Å². The Kier molecular flexibility index (Phi) is 3.97. The topological polar surface area (TPSA) is 64.9 Å². The number of nitrogens with zero attached hydrogens (tertiary/aromatic N) is 4. The van der Waals surface area contributed by atoms with Gasteiger partial charge in [-0.2, -0.15) is 4.68 Å². The van der Waals surface area contributed by atoms with E-state index in [1.807, 2.05) is 68.4 Å². The molecule has 0 radical (unpaired) electrons. The van der Waals surface area contributed by atoms with E-state index in [1.54, 1.807) is 11.8 Å². The minimum Gasteiger partial charge on any atom is -0.497 e. The van der Waals surface area contributed by atoms with Crippen LogP contribution in [0.3, 0.4) is 0 Å². The van der Waals surface area contributed by atoms with Crippen LogP contribution in [-0.4, -0.2) is 27.3 Å². The lowest BCUT2D eigenvalue weighted by atomic mass is 10.0. The summed E-state index contributed by atoms with van der Waals surface area (Å²) in [5.74, 6) is 1.52. The van der Waals surface area contributed by atoms with Gasteiger partial charge in [-0.15, -0.1) is 5.10 Å². The molecule has 0 aliphatic rings. The Balaban J connectivity index is 1.92. The normalized spacial score (nSPS) is 11.3. The van der Waals surface area contributed by atoms with Crippen molar-refractivity contribution in [1.29, 1.82) is 0 Å². The standard InChI is InChI=1S/C17H19N5O/c1-17(2,18-13-7-5-4-6-8-13)16-19-20-21-22(16)14-9-11-15(23-3)12-10-14/h4-12,18H,1-3H3. The highest BCUT2D eigenvalue weighted by Gasteiger charge is 2.28. The van der Waals surface area contributed by atoms with E-state index >= 15 is 0 Å². The van der Waals surface area contributed by atoms with Crippen LogP contribution in [0.5, 0.6) is 5.75 Å². The number of nitrogens with one attached hydrogen (secondary N) is 1. The SMILES string of the molecule is COc1ccc(-n2nnnc2C(C)(C)Nc2ccccc2)cc1. The van der Waals surface area contributed by atoms with Gasteiger partial charge >= 0.3 is 0 Å². The van der Waals surface area contributed by atoms with Crippen LogP contribution in [0.1, 0.15) is 19.7 Å². The summed E-state index contributed by atoms with van der Waals surface area (Å²) < 4.78 is 6.92. The van der Waals surface area contributed by atoms with Gasteiger partial charge in [-0.3, -0.25) is 0 Å². The minimum absolute atomic E-state index is 0.440. The lowest BCUT2D eigenvalue weighted by Crippen LogP contribution is -2.31. The third-order valence-electron chi connectivity index (χ3n) is 3.58. The quantitative estimate of drug-likeness (QED) is 0.785. The molecule has 6 nitrogen and oxygen atoms in total. The molecule has 3 aromatic rings. The van der Waals surface area contributed by atoms with Gasteiger partial charge < -0.3 is 10.1 Å². The van der Waals surface area contributed by atoms with Crippen LogP contribution in [0.15, 0.2) is 54.6 Å². The predicted molar refractivity (Wildman–Crippen MR) is 88.8 cm³/mol. The summed E-state index contributed by atoms with van der Waals surface area (Å²) in [5.41, 5.74) is 1.46. The number of anilines is 1. The Labute approximate surface area is 135 Å². The van der Waals surface area contributed by atoms with Crippen LogP contribution in [0.25, 0.3) is 5.69 Å². The van der Waals surface area contributed by atoms with Crippen molar-refractivity contribution in [2.24, 2.45) is 0 Å². The summed E-state index contributed by atoms with van der Waals surface area (Å²) in [4.78, 5) is 0. The fourth-order valence-corrected chi connectivity index (χ4v) is 2.41. The molecular weight excluding hydrogens is 290 g/mol. The molecule has 0 bridgehead atoms. The zero-order chi connectivity index (χ0) is 16.3. The molecule has 1 heterocycles. The molecule has 0 saturated heterocycles. The second-order valence-corrected chi connectivity index (χ2v) is 5.73. The number of benzene rings is 2. The van der Waals surface area contributed by atoms with Gasteiger partial charge in [-0.05, 0) is 60.7 Å². The Morgan fingerprint density at radius 3 is 2.35 bits per heavy atom. The lowest BCUT2D eigenvalue weighted by Gasteiger charge is -2.26. The first-order valence-electron chi connectivity index (χ1n) is 7.37. The number of ether oxygens (including phenoxy) is 1. The maximum atomic E-state index is 5.19. The first-order chi connectivity index (χ1) is 11.1. The molecule has 0 unspecified atom stereocenters. The van der Waals surface area contributed by atoms with Crippen LogP contribution in [-0.2, 0) is 5.54 Å². The molecule has 0 saturated carbocycles. The van der Waals surface area contributed by atoms with Crippen molar-refractivity contribution in [2.75, 3.05) is 12.4 Å². The average Bonchev–Trinajstić information content (AvgIpc) is 3.06. The Morgan fingerprint density at radius 1 is 1.00 bits per heavy atom. The molecule has 0 aliphatic carbocycles. The van der Waals surface area contributed by atoms with Crippen molar-refractivity contribution in [1.82, 2.24) is 20.2 Å². The third kappa shape index (κ3) is 3.15. The molecule has 3 rings (SSSR count). The average molecular weight is 309 g/mol. The highest BCUT2D eigenvalue weighted by molar-refractivity contribution is 5.46. The summed E-state index contributed by atoms with van der Waals surface area (Å²) in [6, 6.07) is 17.6. The largest absolute Gasteiger partial charge is 0.497 e. The number of rotatable bonds is 5. The van der Waals surface area contributed by atoms with E-state index in [-0.39, 0.29) is 0 Å². The molecule has 0 spiro atoms. The second-order valence-electron chi connectivity index (χ2n) is 5.73. The molecule has 0 atom stereocenters. The number of hydrogen-bond acceptors (Lipinski definition) is 5. The van der Waals surface area contributed by atoms with Gasteiger partial charge in [-0.25, -0.2) is 0 Å².